The third-order valence-corrected chi connectivity index (χ3v) is 4.66. The first-order valence-corrected chi connectivity index (χ1v) is 8.83. The topological polar surface area (TPSA) is 79.5 Å². The van der Waals surface area contributed by atoms with Crippen LogP contribution in [-0.4, -0.2) is 59.2 Å². The van der Waals surface area contributed by atoms with E-state index in [9.17, 15) is 9.59 Å². The van der Waals surface area contributed by atoms with E-state index in [0.717, 1.165) is 24.3 Å². The highest BCUT2D eigenvalue weighted by Gasteiger charge is 2.21. The van der Waals surface area contributed by atoms with Crippen molar-refractivity contribution in [3.63, 3.8) is 0 Å². The summed E-state index contributed by atoms with van der Waals surface area (Å²) in [5, 5.41) is 0. The summed E-state index contributed by atoms with van der Waals surface area (Å²) in [5.41, 5.74) is 9.01. The molecule has 2 heterocycles. The van der Waals surface area contributed by atoms with Crippen LogP contribution in [0.5, 0.6) is 0 Å². The fraction of sp³-hybridized carbons (Fsp3) is 0.350. The molecule has 6 heteroatoms. The summed E-state index contributed by atoms with van der Waals surface area (Å²) in [6.45, 7) is 4.73. The molecule has 26 heavy (non-hydrogen) atoms. The number of ketones is 1. The predicted octanol–water partition coefficient (Wildman–Crippen LogP) is 1.61. The van der Waals surface area contributed by atoms with Gasteiger partial charge in [0.2, 0.25) is 5.91 Å². The highest BCUT2D eigenvalue weighted by atomic mass is 16.2. The predicted molar refractivity (Wildman–Crippen MR) is 101 cm³/mol. The summed E-state index contributed by atoms with van der Waals surface area (Å²) >= 11 is 0. The maximum absolute atomic E-state index is 12.5. The van der Waals surface area contributed by atoms with Crippen molar-refractivity contribution < 1.29 is 9.59 Å². The van der Waals surface area contributed by atoms with E-state index < -0.39 is 0 Å². The molecule has 2 aromatic rings. The lowest BCUT2D eigenvalue weighted by molar-refractivity contribution is -0.130. The van der Waals surface area contributed by atoms with E-state index in [1.807, 2.05) is 47.4 Å². The van der Waals surface area contributed by atoms with Crippen LogP contribution in [0.4, 0.5) is 5.69 Å². The summed E-state index contributed by atoms with van der Waals surface area (Å²) in [5.74, 6) is 0.177. The van der Waals surface area contributed by atoms with Crippen molar-refractivity contribution in [1.29, 1.82) is 0 Å². The first-order valence-electron chi connectivity index (χ1n) is 8.83. The Bertz CT molecular complexity index is 784. The molecule has 1 aliphatic rings. The van der Waals surface area contributed by atoms with Gasteiger partial charge in [0.1, 0.15) is 0 Å². The SMILES string of the molecule is CC(=O)N1CCN(CC(=O)Cc2nc(-c3ccccc3)ccc2N)CC1. The summed E-state index contributed by atoms with van der Waals surface area (Å²) in [4.78, 5) is 32.3. The van der Waals surface area contributed by atoms with Crippen molar-refractivity contribution in [3.8, 4) is 11.3 Å². The molecule has 1 aliphatic heterocycles. The minimum Gasteiger partial charge on any atom is -0.397 e. The van der Waals surface area contributed by atoms with Gasteiger partial charge in [0.15, 0.2) is 5.78 Å². The second-order valence-corrected chi connectivity index (χ2v) is 6.60. The number of rotatable bonds is 5. The number of nitrogens with two attached hydrogens (primary N) is 1. The number of benzene rings is 1. The zero-order chi connectivity index (χ0) is 18.5. The van der Waals surface area contributed by atoms with Gasteiger partial charge in [0.25, 0.3) is 0 Å². The Morgan fingerprint density at radius 3 is 2.38 bits per heavy atom. The molecule has 1 aromatic heterocycles. The quantitative estimate of drug-likeness (QED) is 0.884. The second kappa shape index (κ2) is 8.10. The van der Waals surface area contributed by atoms with Gasteiger partial charge in [-0.05, 0) is 12.1 Å². The molecule has 0 aliphatic carbocycles. The summed E-state index contributed by atoms with van der Waals surface area (Å²) in [6.07, 6.45) is 0.222. The number of carbonyl (C=O) groups excluding carboxylic acids is 2. The van der Waals surface area contributed by atoms with Crippen molar-refractivity contribution in [2.45, 2.75) is 13.3 Å². The number of amides is 1. The van der Waals surface area contributed by atoms with Crippen LogP contribution in [0.25, 0.3) is 11.3 Å². The molecule has 136 valence electrons. The summed E-state index contributed by atoms with van der Waals surface area (Å²) in [7, 11) is 0. The monoisotopic (exact) mass is 352 g/mol. The Morgan fingerprint density at radius 2 is 1.73 bits per heavy atom. The van der Waals surface area contributed by atoms with Crippen LogP contribution < -0.4 is 5.73 Å². The Balaban J connectivity index is 1.62. The zero-order valence-electron chi connectivity index (χ0n) is 15.0. The normalized spacial score (nSPS) is 15.0. The number of piperazine rings is 1. The average Bonchev–Trinajstić information content (AvgIpc) is 2.64. The lowest BCUT2D eigenvalue weighted by atomic mass is 10.1. The van der Waals surface area contributed by atoms with Crippen LogP contribution in [0.15, 0.2) is 42.5 Å². The van der Waals surface area contributed by atoms with Crippen molar-refractivity contribution in [2.75, 3.05) is 38.5 Å². The van der Waals surface area contributed by atoms with Crippen molar-refractivity contribution >= 4 is 17.4 Å². The number of pyridine rings is 1. The molecule has 1 saturated heterocycles. The molecule has 0 atom stereocenters. The molecule has 1 amide bonds. The summed E-state index contributed by atoms with van der Waals surface area (Å²) < 4.78 is 0. The van der Waals surface area contributed by atoms with Gasteiger partial charge >= 0.3 is 0 Å². The van der Waals surface area contributed by atoms with E-state index in [1.165, 1.54) is 0 Å². The van der Waals surface area contributed by atoms with E-state index in [0.29, 0.717) is 31.0 Å². The number of nitrogen functional groups attached to an aromatic ring is 1. The van der Waals surface area contributed by atoms with Crippen molar-refractivity contribution in [3.05, 3.63) is 48.2 Å². The van der Waals surface area contributed by atoms with Gasteiger partial charge in [0.05, 0.1) is 30.0 Å². The third kappa shape index (κ3) is 4.46. The van der Waals surface area contributed by atoms with Crippen LogP contribution in [0.3, 0.4) is 0 Å². The molecule has 0 radical (unpaired) electrons. The lowest BCUT2D eigenvalue weighted by Crippen LogP contribution is -2.49. The number of aromatic nitrogens is 1. The number of hydrogen-bond donors (Lipinski definition) is 1. The number of carbonyl (C=O) groups is 2. The second-order valence-electron chi connectivity index (χ2n) is 6.60. The van der Waals surface area contributed by atoms with Gasteiger partial charge < -0.3 is 10.6 Å². The maximum Gasteiger partial charge on any atom is 0.219 e. The molecule has 3 rings (SSSR count). The molecular weight excluding hydrogens is 328 g/mol. The number of nitrogens with zero attached hydrogens (tertiary/aromatic N) is 3. The minimum absolute atomic E-state index is 0.0886. The van der Waals surface area contributed by atoms with Crippen LogP contribution in [0.2, 0.25) is 0 Å². The molecule has 0 unspecified atom stereocenters. The van der Waals surface area contributed by atoms with Gasteiger partial charge in [0, 0.05) is 38.7 Å². The van der Waals surface area contributed by atoms with Gasteiger partial charge in [-0.3, -0.25) is 19.5 Å². The highest BCUT2D eigenvalue weighted by Crippen LogP contribution is 2.20. The first kappa shape index (κ1) is 18.1. The van der Waals surface area contributed by atoms with Gasteiger partial charge in [-0.25, -0.2) is 0 Å². The zero-order valence-corrected chi connectivity index (χ0v) is 15.0. The van der Waals surface area contributed by atoms with Gasteiger partial charge in [-0.2, -0.15) is 0 Å². The Labute approximate surface area is 153 Å². The number of Topliss-reactive ketones (excluding diaryl/α,β-unsaturated/α-hetero) is 1. The van der Waals surface area contributed by atoms with Crippen LogP contribution >= 0.6 is 0 Å². The summed E-state index contributed by atoms with van der Waals surface area (Å²) in [6, 6.07) is 13.5. The fourth-order valence-corrected chi connectivity index (χ4v) is 3.14. The highest BCUT2D eigenvalue weighted by molar-refractivity contribution is 5.84. The maximum atomic E-state index is 12.5. The van der Waals surface area contributed by atoms with E-state index >= 15 is 0 Å². The first-order chi connectivity index (χ1) is 12.5. The average molecular weight is 352 g/mol. The van der Waals surface area contributed by atoms with Crippen LogP contribution in [-0.2, 0) is 16.0 Å². The van der Waals surface area contributed by atoms with E-state index in [2.05, 4.69) is 9.88 Å². The van der Waals surface area contributed by atoms with E-state index in [-0.39, 0.29) is 18.1 Å². The molecule has 6 nitrogen and oxygen atoms in total. The molecule has 0 bridgehead atoms. The minimum atomic E-state index is 0.0886. The molecular formula is C20H24N4O2. The number of anilines is 1. The number of hydrogen-bond acceptors (Lipinski definition) is 5. The lowest BCUT2D eigenvalue weighted by Gasteiger charge is -2.33. The van der Waals surface area contributed by atoms with Crippen molar-refractivity contribution in [2.24, 2.45) is 0 Å². The Hall–Kier alpha value is -2.73. The van der Waals surface area contributed by atoms with E-state index in [4.69, 9.17) is 5.73 Å². The third-order valence-electron chi connectivity index (χ3n) is 4.66. The Kier molecular flexibility index (Phi) is 5.63. The Morgan fingerprint density at radius 1 is 1.04 bits per heavy atom. The molecule has 1 fully saturated rings. The standard InChI is InChI=1S/C20H24N4O2/c1-15(25)24-11-9-23(10-12-24)14-17(26)13-20-18(21)7-8-19(22-20)16-5-3-2-4-6-16/h2-8H,9-14,21H2,1H3. The largest absolute Gasteiger partial charge is 0.397 e. The molecule has 1 aromatic carbocycles. The van der Waals surface area contributed by atoms with Crippen LogP contribution in [0.1, 0.15) is 12.6 Å². The van der Waals surface area contributed by atoms with Crippen LogP contribution in [0, 0.1) is 0 Å². The van der Waals surface area contributed by atoms with Gasteiger partial charge in [-0.15, -0.1) is 0 Å². The smallest absolute Gasteiger partial charge is 0.219 e. The van der Waals surface area contributed by atoms with Gasteiger partial charge in [-0.1, -0.05) is 30.3 Å². The fourth-order valence-electron chi connectivity index (χ4n) is 3.14. The molecule has 2 N–H and O–H groups in total. The molecule has 0 spiro atoms. The van der Waals surface area contributed by atoms with E-state index in [1.54, 1.807) is 6.92 Å². The van der Waals surface area contributed by atoms with Crippen molar-refractivity contribution in [1.82, 2.24) is 14.8 Å². The molecule has 0 saturated carbocycles.